The number of ether oxygens (including phenoxy) is 1. The lowest BCUT2D eigenvalue weighted by atomic mass is 10.1. The molecule has 1 fully saturated rings. The number of nitrogens with zero attached hydrogens (tertiary/aromatic N) is 3. The van der Waals surface area contributed by atoms with Crippen LogP contribution in [0.4, 0.5) is 5.95 Å². The van der Waals surface area contributed by atoms with Gasteiger partial charge in [0.25, 0.3) is 0 Å². The molecular formula is C13H20ClN3O. The molecule has 0 aromatic carbocycles. The van der Waals surface area contributed by atoms with Crippen LogP contribution in [0.15, 0.2) is 6.07 Å². The van der Waals surface area contributed by atoms with Gasteiger partial charge in [-0.25, -0.2) is 4.98 Å². The van der Waals surface area contributed by atoms with Crippen LogP contribution in [0.25, 0.3) is 0 Å². The highest BCUT2D eigenvalue weighted by Gasteiger charge is 2.24. The molecule has 1 aliphatic heterocycles. The number of halogens is 1. The summed E-state index contributed by atoms with van der Waals surface area (Å²) >= 11 is 5.80. The molecule has 5 heteroatoms. The van der Waals surface area contributed by atoms with E-state index in [4.69, 9.17) is 16.3 Å². The molecule has 18 heavy (non-hydrogen) atoms. The molecule has 2 heterocycles. The van der Waals surface area contributed by atoms with Crippen LogP contribution in [0.2, 0.25) is 0 Å². The monoisotopic (exact) mass is 269 g/mol. The second kappa shape index (κ2) is 6.23. The summed E-state index contributed by atoms with van der Waals surface area (Å²) in [4.78, 5) is 11.2. The predicted octanol–water partition coefficient (Wildman–Crippen LogP) is 2.64. The van der Waals surface area contributed by atoms with Gasteiger partial charge in [0, 0.05) is 30.7 Å². The van der Waals surface area contributed by atoms with Crippen LogP contribution < -0.4 is 9.64 Å². The average Bonchev–Trinajstić information content (AvgIpc) is 2.78. The van der Waals surface area contributed by atoms with E-state index in [1.54, 1.807) is 0 Å². The van der Waals surface area contributed by atoms with E-state index < -0.39 is 0 Å². The molecule has 0 radical (unpaired) electrons. The van der Waals surface area contributed by atoms with Crippen molar-refractivity contribution in [3.63, 3.8) is 0 Å². The van der Waals surface area contributed by atoms with E-state index in [2.05, 4.69) is 14.9 Å². The number of aromatic nitrogens is 2. The standard InChI is InChI=1S/C13H20ClN3O/c1-3-18-12-8-10(2)15-13(16-12)17-7-5-11(9-17)4-6-14/h8,11H,3-7,9H2,1-2H3. The van der Waals surface area contributed by atoms with Gasteiger partial charge in [0.1, 0.15) is 0 Å². The number of aryl methyl sites for hydroxylation is 1. The van der Waals surface area contributed by atoms with E-state index in [1.807, 2.05) is 19.9 Å². The Morgan fingerprint density at radius 2 is 2.33 bits per heavy atom. The van der Waals surface area contributed by atoms with Crippen molar-refractivity contribution in [1.82, 2.24) is 9.97 Å². The van der Waals surface area contributed by atoms with Crippen LogP contribution in [0, 0.1) is 12.8 Å². The van der Waals surface area contributed by atoms with Gasteiger partial charge in [-0.2, -0.15) is 4.98 Å². The van der Waals surface area contributed by atoms with Gasteiger partial charge in [0.2, 0.25) is 11.8 Å². The number of alkyl halides is 1. The molecule has 0 saturated carbocycles. The fourth-order valence-electron chi connectivity index (χ4n) is 2.29. The molecule has 4 nitrogen and oxygen atoms in total. The average molecular weight is 270 g/mol. The zero-order valence-electron chi connectivity index (χ0n) is 11.0. The third-order valence-corrected chi connectivity index (χ3v) is 3.42. The molecule has 2 rings (SSSR count). The molecule has 0 amide bonds. The molecule has 0 N–H and O–H groups in total. The van der Waals surface area contributed by atoms with Gasteiger partial charge in [-0.05, 0) is 32.6 Å². The fraction of sp³-hybridized carbons (Fsp3) is 0.692. The van der Waals surface area contributed by atoms with Gasteiger partial charge >= 0.3 is 0 Å². The lowest BCUT2D eigenvalue weighted by Gasteiger charge is -2.17. The quantitative estimate of drug-likeness (QED) is 0.771. The third kappa shape index (κ3) is 3.25. The second-order valence-corrected chi connectivity index (χ2v) is 5.04. The summed E-state index contributed by atoms with van der Waals surface area (Å²) in [6.07, 6.45) is 2.25. The Kier molecular flexibility index (Phi) is 4.64. The van der Waals surface area contributed by atoms with Crippen molar-refractivity contribution < 1.29 is 4.74 Å². The van der Waals surface area contributed by atoms with Crippen molar-refractivity contribution >= 4 is 17.5 Å². The molecule has 0 bridgehead atoms. The summed E-state index contributed by atoms with van der Waals surface area (Å²) in [6.45, 7) is 6.58. The Hall–Kier alpha value is -1.03. The van der Waals surface area contributed by atoms with E-state index in [9.17, 15) is 0 Å². The summed E-state index contributed by atoms with van der Waals surface area (Å²) in [5.74, 6) is 2.86. The first-order chi connectivity index (χ1) is 8.72. The summed E-state index contributed by atoms with van der Waals surface area (Å²) in [5.41, 5.74) is 0.948. The van der Waals surface area contributed by atoms with Crippen LogP contribution in [0.3, 0.4) is 0 Å². The summed E-state index contributed by atoms with van der Waals surface area (Å²) < 4.78 is 5.46. The molecule has 1 saturated heterocycles. The summed E-state index contributed by atoms with van der Waals surface area (Å²) in [6, 6.07) is 1.87. The van der Waals surface area contributed by atoms with Gasteiger partial charge < -0.3 is 9.64 Å². The Bertz CT molecular complexity index is 400. The second-order valence-electron chi connectivity index (χ2n) is 4.66. The molecule has 0 spiro atoms. The van der Waals surface area contributed by atoms with Crippen LogP contribution >= 0.6 is 11.6 Å². The minimum atomic E-state index is 0.630. The van der Waals surface area contributed by atoms with Crippen LogP contribution in [-0.4, -0.2) is 35.5 Å². The first kappa shape index (κ1) is 13.4. The first-order valence-corrected chi connectivity index (χ1v) is 7.05. The Balaban J connectivity index is 2.08. The van der Waals surface area contributed by atoms with Crippen molar-refractivity contribution in [3.05, 3.63) is 11.8 Å². The Labute approximate surface area is 113 Å². The predicted molar refractivity (Wildman–Crippen MR) is 73.6 cm³/mol. The van der Waals surface area contributed by atoms with Crippen molar-refractivity contribution in [2.45, 2.75) is 26.7 Å². The highest BCUT2D eigenvalue weighted by atomic mass is 35.5. The van der Waals surface area contributed by atoms with Crippen LogP contribution in [-0.2, 0) is 0 Å². The number of rotatable bonds is 5. The zero-order valence-corrected chi connectivity index (χ0v) is 11.8. The molecule has 0 aliphatic carbocycles. The maximum atomic E-state index is 5.80. The zero-order chi connectivity index (χ0) is 13.0. The van der Waals surface area contributed by atoms with Gasteiger partial charge in [-0.15, -0.1) is 11.6 Å². The molecular weight excluding hydrogens is 250 g/mol. The van der Waals surface area contributed by atoms with Gasteiger partial charge in [-0.3, -0.25) is 0 Å². The Morgan fingerprint density at radius 1 is 1.50 bits per heavy atom. The van der Waals surface area contributed by atoms with E-state index in [0.717, 1.165) is 37.0 Å². The maximum Gasteiger partial charge on any atom is 0.228 e. The lowest BCUT2D eigenvalue weighted by molar-refractivity contribution is 0.326. The normalized spacial score (nSPS) is 19.3. The number of hydrogen-bond acceptors (Lipinski definition) is 4. The number of hydrogen-bond donors (Lipinski definition) is 0. The Morgan fingerprint density at radius 3 is 3.06 bits per heavy atom. The maximum absolute atomic E-state index is 5.80. The fourth-order valence-corrected chi connectivity index (χ4v) is 2.60. The highest BCUT2D eigenvalue weighted by Crippen LogP contribution is 2.25. The van der Waals surface area contributed by atoms with Crippen LogP contribution in [0.5, 0.6) is 5.88 Å². The third-order valence-electron chi connectivity index (χ3n) is 3.20. The van der Waals surface area contributed by atoms with Crippen molar-refractivity contribution in [2.75, 3.05) is 30.5 Å². The van der Waals surface area contributed by atoms with Gasteiger partial charge in [0.05, 0.1) is 6.61 Å². The number of anilines is 1. The van der Waals surface area contributed by atoms with Gasteiger partial charge in [-0.1, -0.05) is 0 Å². The first-order valence-electron chi connectivity index (χ1n) is 6.52. The van der Waals surface area contributed by atoms with E-state index in [-0.39, 0.29) is 0 Å². The molecule has 1 aliphatic rings. The van der Waals surface area contributed by atoms with Crippen molar-refractivity contribution in [3.8, 4) is 5.88 Å². The molecule has 1 aromatic heterocycles. The lowest BCUT2D eigenvalue weighted by Crippen LogP contribution is -2.22. The van der Waals surface area contributed by atoms with E-state index in [0.29, 0.717) is 18.4 Å². The van der Waals surface area contributed by atoms with E-state index >= 15 is 0 Å². The topological polar surface area (TPSA) is 38.2 Å². The minimum Gasteiger partial charge on any atom is -0.478 e. The van der Waals surface area contributed by atoms with Crippen molar-refractivity contribution in [2.24, 2.45) is 5.92 Å². The summed E-state index contributed by atoms with van der Waals surface area (Å²) in [7, 11) is 0. The molecule has 100 valence electrons. The van der Waals surface area contributed by atoms with Crippen molar-refractivity contribution in [1.29, 1.82) is 0 Å². The molecule has 1 aromatic rings. The molecule has 1 unspecified atom stereocenters. The van der Waals surface area contributed by atoms with Crippen LogP contribution in [0.1, 0.15) is 25.5 Å². The summed E-state index contributed by atoms with van der Waals surface area (Å²) in [5, 5.41) is 0. The smallest absolute Gasteiger partial charge is 0.228 e. The molecule has 1 atom stereocenters. The largest absolute Gasteiger partial charge is 0.478 e. The SMILES string of the molecule is CCOc1cc(C)nc(N2CCC(CCCl)C2)n1. The highest BCUT2D eigenvalue weighted by molar-refractivity contribution is 6.17. The van der Waals surface area contributed by atoms with Gasteiger partial charge in [0.15, 0.2) is 0 Å². The van der Waals surface area contributed by atoms with E-state index in [1.165, 1.54) is 6.42 Å². The minimum absolute atomic E-state index is 0.630.